The number of hydrogen-bond donors (Lipinski definition) is 2. The van der Waals surface area contributed by atoms with E-state index in [1.54, 1.807) is 31.3 Å². The first-order valence-corrected chi connectivity index (χ1v) is 6.46. The Labute approximate surface area is 122 Å². The number of urea groups is 1. The van der Waals surface area contributed by atoms with Crippen molar-refractivity contribution in [3.63, 3.8) is 0 Å². The predicted molar refractivity (Wildman–Crippen MR) is 75.2 cm³/mol. The summed E-state index contributed by atoms with van der Waals surface area (Å²) in [4.78, 5) is 23.3. The first kappa shape index (κ1) is 16.1. The molecule has 0 atom stereocenters. The van der Waals surface area contributed by atoms with Gasteiger partial charge in [0.15, 0.2) is 0 Å². The number of carboxylic acid groups (broad SMARTS) is 1. The Balaban J connectivity index is 2.23. The molecule has 20 heavy (non-hydrogen) atoms. The number of carbonyl (C=O) groups excluding carboxylic acids is 1. The van der Waals surface area contributed by atoms with Crippen molar-refractivity contribution in [1.29, 1.82) is 0 Å². The second-order valence-corrected chi connectivity index (χ2v) is 4.54. The maximum absolute atomic E-state index is 11.6. The van der Waals surface area contributed by atoms with Crippen LogP contribution < -0.4 is 10.1 Å². The van der Waals surface area contributed by atoms with Gasteiger partial charge in [0.2, 0.25) is 0 Å². The summed E-state index contributed by atoms with van der Waals surface area (Å²) in [5.41, 5.74) is 0. The lowest BCUT2D eigenvalue weighted by Gasteiger charge is -2.18. The summed E-state index contributed by atoms with van der Waals surface area (Å²) < 4.78 is 5.45. The highest BCUT2D eigenvalue weighted by molar-refractivity contribution is 6.30. The average molecular weight is 301 g/mol. The maximum Gasteiger partial charge on any atom is 0.317 e. The molecule has 0 fully saturated rings. The van der Waals surface area contributed by atoms with Gasteiger partial charge in [-0.15, -0.1) is 0 Å². The summed E-state index contributed by atoms with van der Waals surface area (Å²) >= 11 is 5.82. The van der Waals surface area contributed by atoms with Crippen molar-refractivity contribution in [3.05, 3.63) is 29.3 Å². The number of halogens is 1. The van der Waals surface area contributed by atoms with E-state index in [0.29, 0.717) is 23.9 Å². The number of ether oxygens (including phenoxy) is 1. The fraction of sp³-hybridized carbons (Fsp3) is 0.385. The molecule has 0 aliphatic carbocycles. The van der Waals surface area contributed by atoms with Crippen LogP contribution in [0.15, 0.2) is 24.3 Å². The molecular weight excluding hydrogens is 284 g/mol. The largest absolute Gasteiger partial charge is 0.492 e. The molecule has 6 nitrogen and oxygen atoms in total. The zero-order chi connectivity index (χ0) is 15.0. The molecular formula is C13H17ClN2O4. The SMILES string of the molecule is CN(CCOc1cccc(Cl)c1)C(=O)NCCC(=O)O. The molecule has 0 saturated carbocycles. The number of aliphatic carboxylic acids is 1. The van der Waals surface area contributed by atoms with Gasteiger partial charge in [-0.2, -0.15) is 0 Å². The molecule has 0 spiro atoms. The summed E-state index contributed by atoms with van der Waals surface area (Å²) in [5, 5.41) is 11.5. The molecule has 0 aliphatic rings. The van der Waals surface area contributed by atoms with Crippen LogP contribution in [0.1, 0.15) is 6.42 Å². The highest BCUT2D eigenvalue weighted by Gasteiger charge is 2.08. The fourth-order valence-electron chi connectivity index (χ4n) is 1.37. The van der Waals surface area contributed by atoms with Gasteiger partial charge in [0.1, 0.15) is 12.4 Å². The summed E-state index contributed by atoms with van der Waals surface area (Å²) in [7, 11) is 1.61. The Kier molecular flexibility index (Phi) is 6.66. The Hall–Kier alpha value is -1.95. The second kappa shape index (κ2) is 8.27. The van der Waals surface area contributed by atoms with Gasteiger partial charge in [0.05, 0.1) is 13.0 Å². The molecule has 2 amide bonds. The van der Waals surface area contributed by atoms with E-state index in [1.165, 1.54) is 4.90 Å². The number of benzene rings is 1. The van der Waals surface area contributed by atoms with E-state index < -0.39 is 5.97 Å². The van der Waals surface area contributed by atoms with E-state index in [0.717, 1.165) is 0 Å². The van der Waals surface area contributed by atoms with Crippen molar-refractivity contribution in [3.8, 4) is 5.75 Å². The van der Waals surface area contributed by atoms with Crippen LogP contribution in [0.2, 0.25) is 5.02 Å². The minimum absolute atomic E-state index is 0.0986. The summed E-state index contributed by atoms with van der Waals surface area (Å²) in [5.74, 6) is -0.311. The van der Waals surface area contributed by atoms with E-state index in [2.05, 4.69) is 5.32 Å². The van der Waals surface area contributed by atoms with Gasteiger partial charge in [0, 0.05) is 18.6 Å². The summed E-state index contributed by atoms with van der Waals surface area (Å²) in [6, 6.07) is 6.66. The van der Waals surface area contributed by atoms with E-state index in [9.17, 15) is 9.59 Å². The second-order valence-electron chi connectivity index (χ2n) is 4.10. The molecule has 0 saturated heterocycles. The molecule has 0 aromatic heterocycles. The number of rotatable bonds is 7. The normalized spacial score (nSPS) is 9.90. The van der Waals surface area contributed by atoms with Crippen LogP contribution in [-0.2, 0) is 4.79 Å². The van der Waals surface area contributed by atoms with Crippen LogP contribution in [0, 0.1) is 0 Å². The van der Waals surface area contributed by atoms with Gasteiger partial charge in [-0.25, -0.2) is 4.79 Å². The average Bonchev–Trinajstić information content (AvgIpc) is 2.38. The Morgan fingerprint density at radius 1 is 1.45 bits per heavy atom. The minimum Gasteiger partial charge on any atom is -0.492 e. The lowest BCUT2D eigenvalue weighted by Crippen LogP contribution is -2.40. The lowest BCUT2D eigenvalue weighted by atomic mass is 10.3. The van der Waals surface area contributed by atoms with Crippen molar-refractivity contribution in [2.45, 2.75) is 6.42 Å². The molecule has 2 N–H and O–H groups in total. The summed E-state index contributed by atoms with van der Waals surface area (Å²) in [6.45, 7) is 0.808. The van der Waals surface area contributed by atoms with Crippen LogP contribution in [0.4, 0.5) is 4.79 Å². The molecule has 0 bridgehead atoms. The molecule has 0 heterocycles. The number of likely N-dealkylation sites (N-methyl/N-ethyl adjacent to an activating group) is 1. The Morgan fingerprint density at radius 2 is 2.20 bits per heavy atom. The molecule has 1 aromatic carbocycles. The number of nitrogens with one attached hydrogen (secondary N) is 1. The van der Waals surface area contributed by atoms with E-state index in [1.807, 2.05) is 0 Å². The number of nitrogens with zero attached hydrogens (tertiary/aromatic N) is 1. The van der Waals surface area contributed by atoms with Gasteiger partial charge >= 0.3 is 12.0 Å². The molecule has 1 aromatic rings. The smallest absolute Gasteiger partial charge is 0.317 e. The topological polar surface area (TPSA) is 78.9 Å². The minimum atomic E-state index is -0.947. The summed E-state index contributed by atoms with van der Waals surface area (Å²) in [6.07, 6.45) is -0.0986. The molecule has 0 unspecified atom stereocenters. The van der Waals surface area contributed by atoms with Crippen molar-refractivity contribution in [2.75, 3.05) is 26.7 Å². The zero-order valence-corrected chi connectivity index (χ0v) is 11.9. The van der Waals surface area contributed by atoms with Crippen molar-refractivity contribution >= 4 is 23.6 Å². The third kappa shape index (κ3) is 6.29. The van der Waals surface area contributed by atoms with Crippen LogP contribution in [0.3, 0.4) is 0 Å². The monoisotopic (exact) mass is 300 g/mol. The zero-order valence-electron chi connectivity index (χ0n) is 11.1. The van der Waals surface area contributed by atoms with Crippen molar-refractivity contribution in [2.24, 2.45) is 0 Å². The predicted octanol–water partition coefficient (Wildman–Crippen LogP) is 1.83. The fourth-order valence-corrected chi connectivity index (χ4v) is 1.55. The van der Waals surface area contributed by atoms with Gasteiger partial charge in [0.25, 0.3) is 0 Å². The molecule has 0 radical (unpaired) electrons. The van der Waals surface area contributed by atoms with Crippen LogP contribution in [0.5, 0.6) is 5.75 Å². The standard InChI is InChI=1S/C13H17ClN2O4/c1-16(13(19)15-6-5-12(17)18)7-8-20-11-4-2-3-10(14)9-11/h2-4,9H,5-8H2,1H3,(H,15,19)(H,17,18). The molecule has 110 valence electrons. The first-order chi connectivity index (χ1) is 9.49. The first-order valence-electron chi connectivity index (χ1n) is 6.08. The molecule has 0 aliphatic heterocycles. The third-order valence-electron chi connectivity index (χ3n) is 2.45. The lowest BCUT2D eigenvalue weighted by molar-refractivity contribution is -0.136. The number of hydrogen-bond acceptors (Lipinski definition) is 3. The van der Waals surface area contributed by atoms with Gasteiger partial charge in [-0.05, 0) is 18.2 Å². The van der Waals surface area contributed by atoms with Gasteiger partial charge < -0.3 is 20.1 Å². The molecule has 1 rings (SSSR count). The van der Waals surface area contributed by atoms with Crippen LogP contribution in [-0.4, -0.2) is 48.8 Å². The van der Waals surface area contributed by atoms with Crippen molar-refractivity contribution < 1.29 is 19.4 Å². The highest BCUT2D eigenvalue weighted by atomic mass is 35.5. The highest BCUT2D eigenvalue weighted by Crippen LogP contribution is 2.16. The number of carbonyl (C=O) groups is 2. The third-order valence-corrected chi connectivity index (χ3v) is 2.69. The number of carboxylic acids is 1. The quantitative estimate of drug-likeness (QED) is 0.805. The van der Waals surface area contributed by atoms with Gasteiger partial charge in [-0.1, -0.05) is 17.7 Å². The van der Waals surface area contributed by atoms with Crippen molar-refractivity contribution in [1.82, 2.24) is 10.2 Å². The molecule has 7 heteroatoms. The van der Waals surface area contributed by atoms with E-state index in [-0.39, 0.29) is 19.0 Å². The van der Waals surface area contributed by atoms with Crippen LogP contribution in [0.25, 0.3) is 0 Å². The van der Waals surface area contributed by atoms with Crippen LogP contribution >= 0.6 is 11.6 Å². The Morgan fingerprint density at radius 3 is 2.85 bits per heavy atom. The van der Waals surface area contributed by atoms with E-state index in [4.69, 9.17) is 21.4 Å². The number of amides is 2. The Bertz CT molecular complexity index is 467. The maximum atomic E-state index is 11.6. The van der Waals surface area contributed by atoms with Gasteiger partial charge in [-0.3, -0.25) is 4.79 Å². The van der Waals surface area contributed by atoms with E-state index >= 15 is 0 Å².